The van der Waals surface area contributed by atoms with E-state index >= 15 is 0 Å². The molecule has 1 rings (SSSR count). The molecule has 0 amide bonds. The molecule has 0 spiro atoms. The number of rotatable bonds is 5. The fraction of sp³-hybridized carbons (Fsp3) is 0.769. The summed E-state index contributed by atoms with van der Waals surface area (Å²) in [4.78, 5) is 27.3. The lowest BCUT2D eigenvalue weighted by Gasteiger charge is -2.21. The minimum Gasteiger partial charge on any atom is -0.480 e. The first-order valence-electron chi connectivity index (χ1n) is 7.25. The van der Waals surface area contributed by atoms with Crippen molar-refractivity contribution in [2.45, 2.75) is 44.2 Å². The number of carboxylic acid groups (broad SMARTS) is 5. The maximum absolute atomic E-state index is 10.2. The first-order chi connectivity index (χ1) is 11.6. The molecule has 9 N–H and O–H groups in total. The molecule has 0 aromatic rings. The second-order valence-electron chi connectivity index (χ2n) is 4.69. The van der Waals surface area contributed by atoms with E-state index in [9.17, 15) is 4.79 Å². The monoisotopic (exact) mass is 373 g/mol. The zero-order chi connectivity index (χ0) is 20.3. The van der Waals surface area contributed by atoms with Gasteiger partial charge in [-0.25, -0.2) is 9.59 Å². The maximum Gasteiger partial charge on any atom is 0.503 e. The van der Waals surface area contributed by atoms with Crippen molar-refractivity contribution < 1.29 is 55.2 Å². The Labute approximate surface area is 144 Å². The van der Waals surface area contributed by atoms with E-state index < -0.39 is 24.4 Å². The van der Waals surface area contributed by atoms with Crippen molar-refractivity contribution in [2.75, 3.05) is 19.8 Å². The summed E-state index contributed by atoms with van der Waals surface area (Å²) < 4.78 is 0. The molecular weight excluding hydrogens is 346 g/mol. The molecule has 0 saturated heterocycles. The first-order valence-corrected chi connectivity index (χ1v) is 7.25. The predicted molar refractivity (Wildman–Crippen MR) is 84.0 cm³/mol. The second kappa shape index (κ2) is 19.9. The van der Waals surface area contributed by atoms with E-state index in [1.807, 2.05) is 0 Å². The molecule has 25 heavy (non-hydrogen) atoms. The summed E-state index contributed by atoms with van der Waals surface area (Å²) in [6.45, 7) is -0.613. The number of aliphatic carboxylic acids is 1. The van der Waals surface area contributed by atoms with Gasteiger partial charge in [0.2, 0.25) is 0 Å². The predicted octanol–water partition coefficient (Wildman–Crippen LogP) is -0.230. The number of aliphatic hydroxyl groups is 3. The van der Waals surface area contributed by atoms with Crippen LogP contribution in [-0.4, -0.2) is 91.0 Å². The van der Waals surface area contributed by atoms with Crippen LogP contribution in [0.15, 0.2) is 0 Å². The molecule has 0 aromatic carbocycles. The number of hydrogen-bond donors (Lipinski definition) is 9. The highest BCUT2D eigenvalue weighted by Gasteiger charge is 2.12. The quantitative estimate of drug-likeness (QED) is 0.304. The highest BCUT2D eigenvalue weighted by Crippen LogP contribution is 2.16. The van der Waals surface area contributed by atoms with Crippen molar-refractivity contribution in [1.29, 1.82) is 0 Å². The van der Waals surface area contributed by atoms with Gasteiger partial charge in [-0.2, -0.15) is 0 Å². The fourth-order valence-corrected chi connectivity index (χ4v) is 1.60. The minimum absolute atomic E-state index is 0.116. The van der Waals surface area contributed by atoms with Gasteiger partial charge in [-0.1, -0.05) is 19.3 Å². The SMILES string of the molecule is O=C(O)CNC1CCCCC1.O=C(O)O.O=C(O)O.OCC(O)CO. The van der Waals surface area contributed by atoms with Crippen molar-refractivity contribution >= 4 is 18.3 Å². The number of carboxylic acids is 1. The van der Waals surface area contributed by atoms with Crippen LogP contribution in [0.5, 0.6) is 0 Å². The largest absolute Gasteiger partial charge is 0.503 e. The summed E-state index contributed by atoms with van der Waals surface area (Å²) in [5.41, 5.74) is 0. The molecule has 1 fully saturated rings. The Bertz CT molecular complexity index is 321. The Morgan fingerprint density at radius 3 is 1.44 bits per heavy atom. The van der Waals surface area contributed by atoms with Crippen molar-refractivity contribution in [2.24, 2.45) is 0 Å². The van der Waals surface area contributed by atoms with Gasteiger partial charge in [-0.05, 0) is 12.8 Å². The highest BCUT2D eigenvalue weighted by atomic mass is 16.6. The summed E-state index contributed by atoms with van der Waals surface area (Å²) in [6.07, 6.45) is 1.48. The Kier molecular flexibility index (Phi) is 22.0. The van der Waals surface area contributed by atoms with Crippen LogP contribution in [0.2, 0.25) is 0 Å². The third-order valence-electron chi connectivity index (χ3n) is 2.57. The number of carbonyl (C=O) groups is 3. The molecule has 0 heterocycles. The van der Waals surface area contributed by atoms with E-state index in [1.54, 1.807) is 0 Å². The lowest BCUT2D eigenvalue weighted by Crippen LogP contribution is -2.34. The number of aliphatic hydroxyl groups excluding tert-OH is 3. The van der Waals surface area contributed by atoms with Gasteiger partial charge in [0.05, 0.1) is 19.8 Å². The average molecular weight is 373 g/mol. The van der Waals surface area contributed by atoms with Crippen LogP contribution in [0.25, 0.3) is 0 Å². The van der Waals surface area contributed by atoms with E-state index in [-0.39, 0.29) is 19.8 Å². The van der Waals surface area contributed by atoms with Crippen LogP contribution < -0.4 is 5.32 Å². The minimum atomic E-state index is -1.83. The molecule has 0 radical (unpaired) electrons. The fourth-order valence-electron chi connectivity index (χ4n) is 1.60. The van der Waals surface area contributed by atoms with Crippen molar-refractivity contribution in [3.05, 3.63) is 0 Å². The van der Waals surface area contributed by atoms with E-state index in [0.29, 0.717) is 6.04 Å². The van der Waals surface area contributed by atoms with Gasteiger partial charge < -0.3 is 46.2 Å². The molecule has 0 bridgehead atoms. The third-order valence-corrected chi connectivity index (χ3v) is 2.57. The Morgan fingerprint density at radius 2 is 1.20 bits per heavy atom. The van der Waals surface area contributed by atoms with Gasteiger partial charge >= 0.3 is 18.3 Å². The van der Waals surface area contributed by atoms with E-state index in [2.05, 4.69) is 5.32 Å². The summed E-state index contributed by atoms with van der Waals surface area (Å²) >= 11 is 0. The Balaban J connectivity index is -0.000000294. The van der Waals surface area contributed by atoms with Crippen LogP contribution in [0, 0.1) is 0 Å². The van der Waals surface area contributed by atoms with Crippen LogP contribution in [0.1, 0.15) is 32.1 Å². The molecule has 0 aromatic heterocycles. The lowest BCUT2D eigenvalue weighted by molar-refractivity contribution is -0.136. The van der Waals surface area contributed by atoms with Gasteiger partial charge in [-0.15, -0.1) is 0 Å². The number of hydrogen-bond acceptors (Lipinski definition) is 7. The van der Waals surface area contributed by atoms with Gasteiger partial charge in [0.1, 0.15) is 6.10 Å². The van der Waals surface area contributed by atoms with E-state index in [4.69, 9.17) is 50.4 Å². The molecule has 150 valence electrons. The zero-order valence-electron chi connectivity index (χ0n) is 13.6. The Morgan fingerprint density at radius 1 is 0.840 bits per heavy atom. The topological polar surface area (TPSA) is 225 Å². The second-order valence-corrected chi connectivity index (χ2v) is 4.69. The third kappa shape index (κ3) is 39.0. The maximum atomic E-state index is 10.2. The standard InChI is InChI=1S/C8H15NO2.C3H8O3.2CH2O3/c10-8(11)6-9-7-4-2-1-3-5-7;4-1-3(6)2-5;2*2-1(3)4/h7,9H,1-6H2,(H,10,11);3-6H,1-2H2;2*(H2,2,3,4). The summed E-state index contributed by atoms with van der Waals surface area (Å²) in [5.74, 6) is -0.754. The molecule has 1 aliphatic carbocycles. The zero-order valence-corrected chi connectivity index (χ0v) is 13.6. The molecule has 0 unspecified atom stereocenters. The van der Waals surface area contributed by atoms with Crippen molar-refractivity contribution in [3.8, 4) is 0 Å². The number of nitrogens with one attached hydrogen (secondary N) is 1. The smallest absolute Gasteiger partial charge is 0.480 e. The first kappa shape index (κ1) is 27.7. The molecule has 12 heteroatoms. The van der Waals surface area contributed by atoms with Gasteiger partial charge in [0, 0.05) is 6.04 Å². The molecular formula is C13H27NO11. The van der Waals surface area contributed by atoms with Crippen LogP contribution in [0.4, 0.5) is 9.59 Å². The van der Waals surface area contributed by atoms with Crippen molar-refractivity contribution in [3.63, 3.8) is 0 Å². The molecule has 0 atom stereocenters. The van der Waals surface area contributed by atoms with Gasteiger partial charge in [-0.3, -0.25) is 4.79 Å². The van der Waals surface area contributed by atoms with E-state index in [1.165, 1.54) is 19.3 Å². The average Bonchev–Trinajstić information content (AvgIpc) is 2.52. The lowest BCUT2D eigenvalue weighted by atomic mass is 9.96. The van der Waals surface area contributed by atoms with Gasteiger partial charge in [0.25, 0.3) is 0 Å². The molecule has 1 saturated carbocycles. The van der Waals surface area contributed by atoms with Crippen LogP contribution in [0.3, 0.4) is 0 Å². The molecule has 0 aliphatic heterocycles. The summed E-state index contributed by atoms with van der Waals surface area (Å²) in [7, 11) is 0. The molecule has 1 aliphatic rings. The Hall–Kier alpha value is -2.15. The molecule has 12 nitrogen and oxygen atoms in total. The summed E-state index contributed by atoms with van der Waals surface area (Å²) in [5, 5.41) is 63.3. The highest BCUT2D eigenvalue weighted by molar-refractivity contribution is 5.69. The van der Waals surface area contributed by atoms with Crippen molar-refractivity contribution in [1.82, 2.24) is 5.32 Å². The van der Waals surface area contributed by atoms with E-state index in [0.717, 1.165) is 12.8 Å². The normalized spacial score (nSPS) is 13.1. The van der Waals surface area contributed by atoms with Crippen LogP contribution in [-0.2, 0) is 4.79 Å². The van der Waals surface area contributed by atoms with Crippen LogP contribution >= 0.6 is 0 Å². The van der Waals surface area contributed by atoms with Gasteiger partial charge in [0.15, 0.2) is 0 Å². The summed E-state index contributed by atoms with van der Waals surface area (Å²) in [6, 6.07) is 0.458.